The molecule has 3 heterocycles. The van der Waals surface area contributed by atoms with Gasteiger partial charge in [0.25, 0.3) is 0 Å². The molecule has 1 fully saturated rings. The average Bonchev–Trinajstić information content (AvgIpc) is 3.48. The number of fused-ring (bicyclic) bond motifs is 1. The topological polar surface area (TPSA) is 73.0 Å². The maximum Gasteiger partial charge on any atom is 0.218 e. The Balaban J connectivity index is 1.81. The molecule has 6 nitrogen and oxygen atoms in total. The summed E-state index contributed by atoms with van der Waals surface area (Å²) >= 11 is 0. The molecule has 28 heavy (non-hydrogen) atoms. The Morgan fingerprint density at radius 1 is 1.07 bits per heavy atom. The molecule has 0 radical (unpaired) electrons. The van der Waals surface area contributed by atoms with E-state index in [1.165, 1.54) is 12.1 Å². The highest BCUT2D eigenvalue weighted by atomic mass is 32.2. The first-order valence-electron chi connectivity index (χ1n) is 8.91. The van der Waals surface area contributed by atoms with Crippen molar-refractivity contribution in [3.8, 4) is 22.6 Å². The zero-order valence-electron chi connectivity index (χ0n) is 15.0. The number of halogens is 1. The lowest BCUT2D eigenvalue weighted by atomic mass is 10.1. The van der Waals surface area contributed by atoms with Crippen molar-refractivity contribution >= 4 is 16.4 Å². The van der Waals surface area contributed by atoms with E-state index in [4.69, 9.17) is 4.98 Å². The van der Waals surface area contributed by atoms with Gasteiger partial charge >= 0.3 is 0 Å². The Morgan fingerprint density at radius 2 is 1.86 bits per heavy atom. The van der Waals surface area contributed by atoms with Gasteiger partial charge in [-0.1, -0.05) is 0 Å². The first-order valence-corrected chi connectivity index (χ1v) is 10.5. The van der Waals surface area contributed by atoms with Crippen LogP contribution in [-0.4, -0.2) is 34.8 Å². The molecule has 3 aromatic heterocycles. The zero-order chi connectivity index (χ0) is 19.3. The maximum atomic E-state index is 13.5. The van der Waals surface area contributed by atoms with Crippen LogP contribution in [0.15, 0.2) is 54.1 Å². The minimum atomic E-state index is -1.30. The molecule has 0 bridgehead atoms. The molecule has 1 aromatic carbocycles. The van der Waals surface area contributed by atoms with Crippen LogP contribution in [0.1, 0.15) is 24.5 Å². The minimum Gasteiger partial charge on any atom is -0.295 e. The molecule has 1 unspecified atom stereocenters. The quantitative estimate of drug-likeness (QED) is 0.495. The summed E-state index contributed by atoms with van der Waals surface area (Å²) in [5, 5.41) is 0.258. The van der Waals surface area contributed by atoms with E-state index in [0.29, 0.717) is 17.3 Å². The Labute approximate surface area is 163 Å². The Morgan fingerprint density at radius 3 is 2.57 bits per heavy atom. The van der Waals surface area contributed by atoms with Gasteiger partial charge in [0.15, 0.2) is 5.65 Å². The second-order valence-corrected chi connectivity index (χ2v) is 8.05. The molecule has 0 saturated heterocycles. The van der Waals surface area contributed by atoms with Crippen LogP contribution in [0.5, 0.6) is 0 Å². The van der Waals surface area contributed by atoms with Crippen LogP contribution in [0.4, 0.5) is 4.39 Å². The van der Waals surface area contributed by atoms with E-state index in [0.717, 1.165) is 35.4 Å². The highest BCUT2D eigenvalue weighted by Gasteiger charge is 2.30. The van der Waals surface area contributed by atoms with Crippen molar-refractivity contribution in [3.05, 3.63) is 60.4 Å². The summed E-state index contributed by atoms with van der Waals surface area (Å²) in [6.45, 7) is 0. The molecule has 1 aliphatic rings. The lowest BCUT2D eigenvalue weighted by Crippen LogP contribution is -2.00. The number of hydrogen-bond acceptors (Lipinski definition) is 5. The van der Waals surface area contributed by atoms with Crippen LogP contribution in [0, 0.1) is 5.82 Å². The van der Waals surface area contributed by atoms with Gasteiger partial charge in [-0.05, 0) is 43.2 Å². The van der Waals surface area contributed by atoms with Crippen molar-refractivity contribution in [3.63, 3.8) is 0 Å². The van der Waals surface area contributed by atoms with Crippen molar-refractivity contribution in [1.29, 1.82) is 0 Å². The second-order valence-electron chi connectivity index (χ2n) is 6.77. The second kappa shape index (κ2) is 6.56. The summed E-state index contributed by atoms with van der Waals surface area (Å²) in [6, 6.07) is 7.99. The first-order chi connectivity index (χ1) is 13.6. The molecule has 0 N–H and O–H groups in total. The summed E-state index contributed by atoms with van der Waals surface area (Å²) < 4.78 is 27.3. The van der Waals surface area contributed by atoms with E-state index >= 15 is 0 Å². The van der Waals surface area contributed by atoms with Crippen molar-refractivity contribution in [2.75, 3.05) is 6.26 Å². The Kier molecular flexibility index (Phi) is 4.01. The fraction of sp³-hybridized carbons (Fsp3) is 0.200. The number of hydrogen-bond donors (Lipinski definition) is 0. The first kappa shape index (κ1) is 17.1. The molecule has 1 atom stereocenters. The van der Waals surface area contributed by atoms with Crippen LogP contribution in [0.2, 0.25) is 0 Å². The number of benzene rings is 1. The van der Waals surface area contributed by atoms with Gasteiger partial charge in [-0.2, -0.15) is 0 Å². The molecule has 4 aromatic rings. The van der Waals surface area contributed by atoms with Gasteiger partial charge in [-0.15, -0.1) is 0 Å². The molecule has 5 rings (SSSR count). The largest absolute Gasteiger partial charge is 0.295 e. The van der Waals surface area contributed by atoms with Crippen LogP contribution >= 0.6 is 0 Å². The van der Waals surface area contributed by atoms with Gasteiger partial charge in [0.1, 0.15) is 5.82 Å². The van der Waals surface area contributed by atoms with E-state index in [9.17, 15) is 8.60 Å². The van der Waals surface area contributed by atoms with Crippen LogP contribution in [-0.2, 0) is 10.8 Å². The number of rotatable bonds is 4. The predicted octanol–water partition coefficient (Wildman–Crippen LogP) is 3.61. The normalized spacial score (nSPS) is 15.1. The average molecular weight is 393 g/mol. The lowest BCUT2D eigenvalue weighted by molar-refractivity contribution is 0.628. The summed E-state index contributed by atoms with van der Waals surface area (Å²) in [4.78, 5) is 18.0. The fourth-order valence-electron chi connectivity index (χ4n) is 3.31. The lowest BCUT2D eigenvalue weighted by Gasteiger charge is -2.06. The van der Waals surface area contributed by atoms with Crippen LogP contribution in [0.3, 0.4) is 0 Å². The fourth-order valence-corrected chi connectivity index (χ4v) is 3.74. The summed E-state index contributed by atoms with van der Waals surface area (Å²) in [6.07, 6.45) is 8.96. The van der Waals surface area contributed by atoms with E-state index in [-0.39, 0.29) is 11.0 Å². The molecule has 0 amide bonds. The number of aromatic nitrogens is 5. The predicted molar refractivity (Wildman–Crippen MR) is 104 cm³/mol. The Bertz CT molecular complexity index is 1220. The maximum absolute atomic E-state index is 13.5. The highest BCUT2D eigenvalue weighted by molar-refractivity contribution is 7.84. The van der Waals surface area contributed by atoms with Gasteiger partial charge in [0, 0.05) is 36.3 Å². The monoisotopic (exact) mass is 393 g/mol. The molecular formula is C20H16FN5OS. The highest BCUT2D eigenvalue weighted by Crippen LogP contribution is 2.42. The summed E-state index contributed by atoms with van der Waals surface area (Å²) in [7, 11) is -1.30. The molecular weight excluding hydrogens is 377 g/mol. The third-order valence-corrected chi connectivity index (χ3v) is 5.50. The standard InChI is InChI=1S/C20H16FN5OS/c1-28(27)20-23-9-8-15(24-20)18-16(12-4-6-14(21)7-5-12)25-19-17(13-2-3-13)22-10-11-26(18)19/h4-11,13H,2-3H2,1H3. The summed E-state index contributed by atoms with van der Waals surface area (Å²) in [5.74, 6) is 0.115. The van der Waals surface area contributed by atoms with E-state index in [2.05, 4.69) is 15.0 Å². The summed E-state index contributed by atoms with van der Waals surface area (Å²) in [5.41, 5.74) is 4.56. The molecule has 0 spiro atoms. The molecule has 1 saturated carbocycles. The van der Waals surface area contributed by atoms with Crippen LogP contribution in [0.25, 0.3) is 28.3 Å². The van der Waals surface area contributed by atoms with Gasteiger partial charge in [0.05, 0.1) is 33.6 Å². The van der Waals surface area contributed by atoms with Crippen LogP contribution < -0.4 is 0 Å². The molecule has 0 aliphatic heterocycles. The molecule has 140 valence electrons. The van der Waals surface area contributed by atoms with Gasteiger partial charge in [-0.25, -0.2) is 19.3 Å². The molecule has 1 aliphatic carbocycles. The van der Waals surface area contributed by atoms with Crippen molar-refractivity contribution < 1.29 is 8.60 Å². The van der Waals surface area contributed by atoms with E-state index in [1.807, 2.05) is 10.6 Å². The third kappa shape index (κ3) is 2.90. The minimum absolute atomic E-state index is 0.258. The smallest absolute Gasteiger partial charge is 0.218 e. The van der Waals surface area contributed by atoms with Gasteiger partial charge in [0.2, 0.25) is 5.16 Å². The van der Waals surface area contributed by atoms with E-state index < -0.39 is 10.8 Å². The number of nitrogens with zero attached hydrogens (tertiary/aromatic N) is 5. The Hall–Kier alpha value is -3.00. The number of imidazole rings is 1. The van der Waals surface area contributed by atoms with Gasteiger partial charge in [-0.3, -0.25) is 13.6 Å². The zero-order valence-corrected chi connectivity index (χ0v) is 15.9. The molecule has 8 heteroatoms. The van der Waals surface area contributed by atoms with E-state index in [1.54, 1.807) is 36.8 Å². The third-order valence-electron chi connectivity index (χ3n) is 4.78. The van der Waals surface area contributed by atoms with Crippen molar-refractivity contribution in [2.45, 2.75) is 23.9 Å². The van der Waals surface area contributed by atoms with Crippen molar-refractivity contribution in [2.24, 2.45) is 0 Å². The SMILES string of the molecule is CS(=O)c1nccc(-c2c(-c3ccc(F)cc3)nc3c(C4CC4)nccn23)n1. The van der Waals surface area contributed by atoms with Crippen molar-refractivity contribution in [1.82, 2.24) is 24.3 Å². The van der Waals surface area contributed by atoms with Gasteiger partial charge < -0.3 is 0 Å².